The fourth-order valence-electron chi connectivity index (χ4n) is 2.71. The molecule has 0 aliphatic carbocycles. The number of carbonyl (C=O) groups is 1. The first-order valence-corrected chi connectivity index (χ1v) is 8.55. The topological polar surface area (TPSA) is 61.8 Å². The second-order valence-electron chi connectivity index (χ2n) is 5.97. The third kappa shape index (κ3) is 5.59. The summed E-state index contributed by atoms with van der Waals surface area (Å²) in [5, 5.41) is 12.4. The number of urea groups is 1. The molecule has 1 aromatic rings. The van der Waals surface area contributed by atoms with Crippen molar-refractivity contribution in [3.05, 3.63) is 29.3 Å². The number of aliphatic hydroxyl groups is 1. The summed E-state index contributed by atoms with van der Waals surface area (Å²) in [5.74, 6) is 0.665. The number of benzene rings is 1. The van der Waals surface area contributed by atoms with Crippen molar-refractivity contribution >= 4 is 17.6 Å². The summed E-state index contributed by atoms with van der Waals surface area (Å²) in [4.78, 5) is 14.1. The van der Waals surface area contributed by atoms with Crippen LogP contribution in [0.25, 0.3) is 0 Å². The Kier molecular flexibility index (Phi) is 6.99. The summed E-state index contributed by atoms with van der Waals surface area (Å²) in [6.07, 6.45) is 3.25. The minimum absolute atomic E-state index is 0.0397. The maximum absolute atomic E-state index is 12.3. The first-order valence-electron chi connectivity index (χ1n) is 8.17. The molecule has 2 rings (SSSR count). The Hall–Kier alpha value is -1.46. The molecule has 0 aromatic heterocycles. The SMILES string of the molecule is CC(CCCO)NC(=O)N1CCCC(Oc2ccccc2Cl)C1. The molecule has 1 aliphatic heterocycles. The van der Waals surface area contributed by atoms with Crippen molar-refractivity contribution in [1.82, 2.24) is 10.2 Å². The molecule has 0 spiro atoms. The summed E-state index contributed by atoms with van der Waals surface area (Å²) in [6.45, 7) is 3.40. The van der Waals surface area contributed by atoms with Crippen molar-refractivity contribution in [2.75, 3.05) is 19.7 Å². The zero-order valence-electron chi connectivity index (χ0n) is 13.5. The number of amides is 2. The molecule has 128 valence electrons. The van der Waals surface area contributed by atoms with Gasteiger partial charge >= 0.3 is 6.03 Å². The van der Waals surface area contributed by atoms with Gasteiger partial charge in [0, 0.05) is 19.2 Å². The van der Waals surface area contributed by atoms with Crippen LogP contribution in [0.1, 0.15) is 32.6 Å². The zero-order valence-corrected chi connectivity index (χ0v) is 14.3. The summed E-state index contributed by atoms with van der Waals surface area (Å²) in [6, 6.07) is 7.38. The number of nitrogens with one attached hydrogen (secondary N) is 1. The van der Waals surface area contributed by atoms with E-state index in [-0.39, 0.29) is 24.8 Å². The Bertz CT molecular complexity index is 512. The Morgan fingerprint density at radius 3 is 3.04 bits per heavy atom. The van der Waals surface area contributed by atoms with Crippen molar-refractivity contribution in [1.29, 1.82) is 0 Å². The minimum Gasteiger partial charge on any atom is -0.487 e. The second-order valence-corrected chi connectivity index (χ2v) is 6.38. The van der Waals surface area contributed by atoms with Gasteiger partial charge in [-0.2, -0.15) is 0 Å². The molecule has 6 heteroatoms. The van der Waals surface area contributed by atoms with E-state index >= 15 is 0 Å². The quantitative estimate of drug-likeness (QED) is 0.836. The van der Waals surface area contributed by atoms with Gasteiger partial charge in [-0.05, 0) is 44.7 Å². The van der Waals surface area contributed by atoms with Crippen molar-refractivity contribution in [2.45, 2.75) is 44.8 Å². The predicted molar refractivity (Wildman–Crippen MR) is 91.0 cm³/mol. The molecule has 1 heterocycles. The molecule has 0 saturated carbocycles. The van der Waals surface area contributed by atoms with E-state index in [4.69, 9.17) is 21.4 Å². The monoisotopic (exact) mass is 340 g/mol. The van der Waals surface area contributed by atoms with Gasteiger partial charge < -0.3 is 20.1 Å². The minimum atomic E-state index is -0.0668. The molecule has 0 radical (unpaired) electrons. The highest BCUT2D eigenvalue weighted by Crippen LogP contribution is 2.26. The Balaban J connectivity index is 1.85. The van der Waals surface area contributed by atoms with E-state index < -0.39 is 0 Å². The summed E-state index contributed by atoms with van der Waals surface area (Å²) in [5.41, 5.74) is 0. The molecule has 2 unspecified atom stereocenters. The van der Waals surface area contributed by atoms with Crippen molar-refractivity contribution in [2.24, 2.45) is 0 Å². The van der Waals surface area contributed by atoms with Crippen LogP contribution in [0.4, 0.5) is 4.79 Å². The first kappa shape index (κ1) is 17.9. The van der Waals surface area contributed by atoms with E-state index in [9.17, 15) is 4.79 Å². The number of para-hydroxylation sites is 1. The molecule has 23 heavy (non-hydrogen) atoms. The van der Waals surface area contributed by atoms with E-state index in [0.29, 0.717) is 23.7 Å². The van der Waals surface area contributed by atoms with E-state index in [2.05, 4.69) is 5.32 Å². The lowest BCUT2D eigenvalue weighted by molar-refractivity contribution is 0.100. The number of hydrogen-bond donors (Lipinski definition) is 2. The molecule has 5 nitrogen and oxygen atoms in total. The predicted octanol–water partition coefficient (Wildman–Crippen LogP) is 3.05. The number of aliphatic hydroxyl groups excluding tert-OH is 1. The van der Waals surface area contributed by atoms with Crippen LogP contribution in [0.3, 0.4) is 0 Å². The maximum atomic E-state index is 12.3. The van der Waals surface area contributed by atoms with E-state index in [0.717, 1.165) is 25.8 Å². The average molecular weight is 341 g/mol. The van der Waals surface area contributed by atoms with Gasteiger partial charge in [-0.15, -0.1) is 0 Å². The smallest absolute Gasteiger partial charge is 0.317 e. The molecule has 1 fully saturated rings. The molecular formula is C17H25ClN2O3. The normalized spacial score (nSPS) is 19.3. The Morgan fingerprint density at radius 2 is 2.30 bits per heavy atom. The van der Waals surface area contributed by atoms with Gasteiger partial charge in [0.2, 0.25) is 0 Å². The molecule has 1 aliphatic rings. The van der Waals surface area contributed by atoms with Gasteiger partial charge in [0.1, 0.15) is 11.9 Å². The van der Waals surface area contributed by atoms with Crippen molar-refractivity contribution < 1.29 is 14.6 Å². The number of halogens is 1. The van der Waals surface area contributed by atoms with Gasteiger partial charge in [-0.1, -0.05) is 23.7 Å². The maximum Gasteiger partial charge on any atom is 0.317 e. The third-order valence-electron chi connectivity index (χ3n) is 3.96. The molecule has 1 aromatic carbocycles. The van der Waals surface area contributed by atoms with Crippen LogP contribution in [0.2, 0.25) is 5.02 Å². The van der Waals surface area contributed by atoms with Crippen LogP contribution in [-0.2, 0) is 0 Å². The molecular weight excluding hydrogens is 316 g/mol. The lowest BCUT2D eigenvalue weighted by atomic mass is 10.1. The number of rotatable bonds is 6. The van der Waals surface area contributed by atoms with Gasteiger partial charge in [0.05, 0.1) is 11.6 Å². The highest BCUT2D eigenvalue weighted by molar-refractivity contribution is 6.32. The highest BCUT2D eigenvalue weighted by atomic mass is 35.5. The van der Waals surface area contributed by atoms with Gasteiger partial charge in [-0.25, -0.2) is 4.79 Å². The van der Waals surface area contributed by atoms with Crippen LogP contribution < -0.4 is 10.1 Å². The summed E-state index contributed by atoms with van der Waals surface area (Å²) >= 11 is 6.12. The van der Waals surface area contributed by atoms with E-state index in [1.165, 1.54) is 0 Å². The zero-order chi connectivity index (χ0) is 16.7. The van der Waals surface area contributed by atoms with Crippen LogP contribution in [0.15, 0.2) is 24.3 Å². The molecule has 2 amide bonds. The van der Waals surface area contributed by atoms with Crippen LogP contribution in [0, 0.1) is 0 Å². The largest absolute Gasteiger partial charge is 0.487 e. The molecule has 0 bridgehead atoms. The van der Waals surface area contributed by atoms with Crippen LogP contribution in [0.5, 0.6) is 5.75 Å². The average Bonchev–Trinajstić information content (AvgIpc) is 2.55. The van der Waals surface area contributed by atoms with Gasteiger partial charge in [-0.3, -0.25) is 0 Å². The lowest BCUT2D eigenvalue weighted by Crippen LogP contribution is -2.50. The van der Waals surface area contributed by atoms with Gasteiger partial charge in [0.15, 0.2) is 0 Å². The fraction of sp³-hybridized carbons (Fsp3) is 0.588. The molecule has 2 N–H and O–H groups in total. The van der Waals surface area contributed by atoms with E-state index in [1.807, 2.05) is 25.1 Å². The third-order valence-corrected chi connectivity index (χ3v) is 4.27. The second kappa shape index (κ2) is 8.99. The number of nitrogens with zero attached hydrogens (tertiary/aromatic N) is 1. The highest BCUT2D eigenvalue weighted by Gasteiger charge is 2.25. The Morgan fingerprint density at radius 1 is 1.52 bits per heavy atom. The summed E-state index contributed by atoms with van der Waals surface area (Å²) in [7, 11) is 0. The number of ether oxygens (including phenoxy) is 1. The van der Waals surface area contributed by atoms with Crippen molar-refractivity contribution in [3.8, 4) is 5.75 Å². The number of piperidine rings is 1. The molecule has 2 atom stereocenters. The summed E-state index contributed by atoms with van der Waals surface area (Å²) < 4.78 is 5.95. The lowest BCUT2D eigenvalue weighted by Gasteiger charge is -2.33. The van der Waals surface area contributed by atoms with Crippen molar-refractivity contribution in [3.63, 3.8) is 0 Å². The number of hydrogen-bond acceptors (Lipinski definition) is 3. The van der Waals surface area contributed by atoms with Gasteiger partial charge in [0.25, 0.3) is 0 Å². The molecule has 1 saturated heterocycles. The van der Waals surface area contributed by atoms with E-state index in [1.54, 1.807) is 11.0 Å². The Labute approximate surface area is 142 Å². The number of likely N-dealkylation sites (tertiary alicyclic amines) is 1. The number of carbonyl (C=O) groups excluding carboxylic acids is 1. The standard InChI is InChI=1S/C17H25ClN2O3/c1-13(6-5-11-21)19-17(22)20-10-4-7-14(12-20)23-16-9-3-2-8-15(16)18/h2-3,8-9,13-14,21H,4-7,10-12H2,1H3,(H,19,22). The van der Waals surface area contributed by atoms with Crippen LogP contribution >= 0.6 is 11.6 Å². The first-order chi connectivity index (χ1) is 11.1. The fourth-order valence-corrected chi connectivity index (χ4v) is 2.89. The van der Waals surface area contributed by atoms with Crippen LogP contribution in [-0.4, -0.2) is 47.9 Å².